The summed E-state index contributed by atoms with van der Waals surface area (Å²) in [7, 11) is 3.10. The minimum absolute atomic E-state index is 0.0180. The topological polar surface area (TPSA) is 73.9 Å². The number of hydrogen-bond acceptors (Lipinski definition) is 6. The highest BCUT2D eigenvalue weighted by Gasteiger charge is 2.22. The van der Waals surface area contributed by atoms with Crippen LogP contribution in [0.25, 0.3) is 16.8 Å². The zero-order valence-corrected chi connectivity index (χ0v) is 25.3. The number of carbonyl (C=O) groups excluding carboxylic acids is 1. The molecule has 4 aromatic carbocycles. The second kappa shape index (κ2) is 12.6. The van der Waals surface area contributed by atoms with E-state index in [0.717, 1.165) is 16.6 Å². The number of amides is 1. The van der Waals surface area contributed by atoms with Gasteiger partial charge in [-0.3, -0.25) is 9.20 Å². The van der Waals surface area contributed by atoms with Crippen LogP contribution in [0.3, 0.4) is 0 Å². The Labute approximate surface area is 260 Å². The monoisotopic (exact) mass is 633 g/mol. The Bertz CT molecular complexity index is 1960. The number of carbonyl (C=O) groups is 1. The van der Waals surface area contributed by atoms with Crippen LogP contribution >= 0.6 is 23.4 Å². The van der Waals surface area contributed by atoms with Crippen LogP contribution in [-0.2, 0) is 17.9 Å². The highest BCUT2D eigenvalue weighted by atomic mass is 35.5. The number of fused-ring (bicyclic) bond motifs is 3. The van der Waals surface area contributed by atoms with Crippen molar-refractivity contribution in [1.29, 1.82) is 0 Å². The average molecular weight is 634 g/mol. The Morgan fingerprint density at radius 3 is 2.39 bits per heavy atom. The Balaban J connectivity index is 1.31. The fourth-order valence-corrected chi connectivity index (χ4v) is 6.08. The predicted molar refractivity (Wildman–Crippen MR) is 167 cm³/mol. The number of methoxy groups -OCH3 is 2. The van der Waals surface area contributed by atoms with Crippen molar-refractivity contribution in [2.24, 2.45) is 0 Å². The molecule has 6 rings (SSSR count). The van der Waals surface area contributed by atoms with Crippen LogP contribution < -0.4 is 14.4 Å². The molecule has 2 aromatic heterocycles. The number of imidazole rings is 1. The number of thioether (sulfide) groups is 1. The number of halogens is 3. The van der Waals surface area contributed by atoms with Crippen LogP contribution in [0.4, 0.5) is 14.5 Å². The van der Waals surface area contributed by atoms with Crippen LogP contribution in [-0.4, -0.2) is 45.0 Å². The van der Waals surface area contributed by atoms with Gasteiger partial charge >= 0.3 is 0 Å². The van der Waals surface area contributed by atoms with E-state index in [4.69, 9.17) is 21.1 Å². The molecule has 0 N–H and O–H groups in total. The van der Waals surface area contributed by atoms with Gasteiger partial charge in [0, 0.05) is 16.3 Å². The molecule has 44 heavy (non-hydrogen) atoms. The minimum Gasteiger partial charge on any atom is -0.493 e. The van der Waals surface area contributed by atoms with Crippen LogP contribution in [0.15, 0.2) is 90.1 Å². The molecule has 2 heterocycles. The van der Waals surface area contributed by atoms with Crippen LogP contribution in [0.2, 0.25) is 5.02 Å². The molecule has 0 bridgehead atoms. The van der Waals surface area contributed by atoms with Crippen molar-refractivity contribution in [3.63, 3.8) is 0 Å². The predicted octanol–water partition coefficient (Wildman–Crippen LogP) is 7.01. The second-order valence-electron chi connectivity index (χ2n) is 9.83. The van der Waals surface area contributed by atoms with E-state index in [2.05, 4.69) is 10.2 Å². The highest BCUT2D eigenvalue weighted by molar-refractivity contribution is 7.99. The number of hydrogen-bond donors (Lipinski definition) is 0. The Morgan fingerprint density at radius 2 is 1.66 bits per heavy atom. The molecule has 0 saturated heterocycles. The summed E-state index contributed by atoms with van der Waals surface area (Å²) in [6.45, 7) is 0.358. The highest BCUT2D eigenvalue weighted by Crippen LogP contribution is 2.31. The molecule has 224 valence electrons. The zero-order chi connectivity index (χ0) is 30.8. The molecule has 12 heteroatoms. The molecule has 6 aromatic rings. The van der Waals surface area contributed by atoms with Gasteiger partial charge in [0.25, 0.3) is 0 Å². The molecule has 0 radical (unpaired) electrons. The third-order valence-electron chi connectivity index (χ3n) is 7.20. The summed E-state index contributed by atoms with van der Waals surface area (Å²) in [6.07, 6.45) is 0. The van der Waals surface area contributed by atoms with Crippen LogP contribution in [0.5, 0.6) is 11.5 Å². The summed E-state index contributed by atoms with van der Waals surface area (Å²) in [6, 6.07) is 23.4. The quantitative estimate of drug-likeness (QED) is 0.151. The summed E-state index contributed by atoms with van der Waals surface area (Å²) in [5.41, 5.74) is 3.29. The lowest BCUT2D eigenvalue weighted by Gasteiger charge is -2.23. The van der Waals surface area contributed by atoms with Gasteiger partial charge < -0.3 is 18.9 Å². The number of benzene rings is 4. The molecule has 0 aliphatic carbocycles. The fourth-order valence-electron chi connectivity index (χ4n) is 5.04. The largest absolute Gasteiger partial charge is 0.493 e. The first-order valence-corrected chi connectivity index (χ1v) is 14.9. The third-order valence-corrected chi connectivity index (χ3v) is 8.47. The summed E-state index contributed by atoms with van der Waals surface area (Å²) >= 11 is 7.56. The summed E-state index contributed by atoms with van der Waals surface area (Å²) in [5.74, 6) is 0.563. The van der Waals surface area contributed by atoms with Crippen molar-refractivity contribution in [3.05, 3.63) is 113 Å². The van der Waals surface area contributed by atoms with Crippen molar-refractivity contribution < 1.29 is 23.0 Å². The van der Waals surface area contributed by atoms with Crippen molar-refractivity contribution in [3.8, 4) is 11.5 Å². The molecule has 0 unspecified atom stereocenters. The first-order chi connectivity index (χ1) is 21.4. The zero-order valence-electron chi connectivity index (χ0n) is 23.7. The molecule has 0 saturated carbocycles. The molecule has 0 atom stereocenters. The van der Waals surface area contributed by atoms with E-state index in [1.165, 1.54) is 30.0 Å². The standard InChI is InChI=1S/C32H26ClF2N5O3S/c1-42-28-15-10-20(16-29(28)43-2)17-38(22-13-11-21(34)12-14-22)30(41)19-44-32-37-36-31-39(18-23-24(33)6-5-7-25(23)35)26-8-3-4-9-27(26)40(31)32/h3-16H,17-19H2,1-2H3. The average Bonchev–Trinajstić information content (AvgIpc) is 3.59. The summed E-state index contributed by atoms with van der Waals surface area (Å²) < 4.78 is 42.9. The van der Waals surface area contributed by atoms with Gasteiger partial charge in [-0.05, 0) is 66.2 Å². The maximum Gasteiger partial charge on any atom is 0.237 e. The van der Waals surface area contributed by atoms with Gasteiger partial charge in [0.1, 0.15) is 11.6 Å². The van der Waals surface area contributed by atoms with E-state index in [1.807, 2.05) is 39.3 Å². The van der Waals surface area contributed by atoms with Gasteiger partial charge in [-0.15, -0.1) is 10.2 Å². The molecular weight excluding hydrogens is 608 g/mol. The number of para-hydroxylation sites is 2. The summed E-state index contributed by atoms with van der Waals surface area (Å²) in [5, 5.41) is 9.58. The minimum atomic E-state index is -0.413. The molecular formula is C32H26ClF2N5O3S. The van der Waals surface area contributed by atoms with Gasteiger partial charge in [0.2, 0.25) is 11.7 Å². The maximum absolute atomic E-state index is 14.7. The lowest BCUT2D eigenvalue weighted by atomic mass is 10.1. The van der Waals surface area contributed by atoms with Crippen molar-refractivity contribution in [1.82, 2.24) is 19.2 Å². The van der Waals surface area contributed by atoms with Gasteiger partial charge in [0.15, 0.2) is 16.7 Å². The number of aromatic nitrogens is 4. The molecule has 0 aliphatic rings. The molecule has 1 amide bonds. The van der Waals surface area contributed by atoms with E-state index in [0.29, 0.717) is 38.7 Å². The SMILES string of the molecule is COc1ccc(CN(C(=O)CSc2nnc3n(Cc4c(F)cccc4Cl)c4ccccc4n23)c2ccc(F)cc2)cc1OC. The van der Waals surface area contributed by atoms with Crippen LogP contribution in [0, 0.1) is 11.6 Å². The Hall–Kier alpha value is -4.61. The Kier molecular flexibility index (Phi) is 8.40. The molecule has 0 fully saturated rings. The number of anilines is 1. The van der Waals surface area contributed by atoms with Gasteiger partial charge in [-0.25, -0.2) is 8.78 Å². The van der Waals surface area contributed by atoms with E-state index < -0.39 is 11.6 Å². The lowest BCUT2D eigenvalue weighted by Crippen LogP contribution is -2.32. The first-order valence-electron chi connectivity index (χ1n) is 13.5. The van der Waals surface area contributed by atoms with E-state index in [-0.39, 0.29) is 24.7 Å². The normalized spacial score (nSPS) is 11.3. The molecule has 0 aliphatic heterocycles. The van der Waals surface area contributed by atoms with Crippen LogP contribution in [0.1, 0.15) is 11.1 Å². The number of ether oxygens (including phenoxy) is 2. The number of nitrogens with zero attached hydrogens (tertiary/aromatic N) is 5. The number of rotatable bonds is 10. The van der Waals surface area contributed by atoms with Crippen molar-refractivity contribution in [2.45, 2.75) is 18.2 Å². The molecule has 8 nitrogen and oxygen atoms in total. The van der Waals surface area contributed by atoms with E-state index in [1.54, 1.807) is 55.5 Å². The van der Waals surface area contributed by atoms with E-state index >= 15 is 0 Å². The fraction of sp³-hybridized carbons (Fsp3) is 0.156. The van der Waals surface area contributed by atoms with Gasteiger partial charge in [-0.2, -0.15) is 0 Å². The third kappa shape index (κ3) is 5.68. The smallest absolute Gasteiger partial charge is 0.237 e. The molecule has 0 spiro atoms. The van der Waals surface area contributed by atoms with E-state index in [9.17, 15) is 13.6 Å². The second-order valence-corrected chi connectivity index (χ2v) is 11.2. The maximum atomic E-state index is 14.7. The summed E-state index contributed by atoms with van der Waals surface area (Å²) in [4.78, 5) is 15.3. The first kappa shape index (κ1) is 29.5. The van der Waals surface area contributed by atoms with Gasteiger partial charge in [-0.1, -0.05) is 47.6 Å². The Morgan fingerprint density at radius 1 is 0.909 bits per heavy atom. The van der Waals surface area contributed by atoms with Crippen molar-refractivity contribution in [2.75, 3.05) is 24.9 Å². The lowest BCUT2D eigenvalue weighted by molar-refractivity contribution is -0.116. The van der Waals surface area contributed by atoms with Crippen molar-refractivity contribution >= 4 is 51.8 Å². The van der Waals surface area contributed by atoms with Gasteiger partial charge in [0.05, 0.1) is 44.1 Å².